The molecule has 1 aromatic heterocycles. The molecule has 2 fully saturated rings. The van der Waals surface area contributed by atoms with E-state index in [9.17, 15) is 4.79 Å². The highest BCUT2D eigenvalue weighted by molar-refractivity contribution is 5.82. The zero-order chi connectivity index (χ0) is 14.8. The summed E-state index contributed by atoms with van der Waals surface area (Å²) in [6.45, 7) is 7.59. The van der Waals surface area contributed by atoms with Crippen LogP contribution in [0.3, 0.4) is 0 Å². The monoisotopic (exact) mass is 291 g/mol. The summed E-state index contributed by atoms with van der Waals surface area (Å²) in [7, 11) is 0. The SMILES string of the molecule is Cc1noc(C)c1CN1CCCC[C@H]1C(=O)N1CCCC1. The molecule has 0 spiro atoms. The fraction of sp³-hybridized carbons (Fsp3) is 0.750. The summed E-state index contributed by atoms with van der Waals surface area (Å²) < 4.78 is 5.26. The van der Waals surface area contributed by atoms with Gasteiger partial charge in [-0.25, -0.2) is 0 Å². The van der Waals surface area contributed by atoms with Crippen molar-refractivity contribution in [1.29, 1.82) is 0 Å². The number of carbonyl (C=O) groups excluding carboxylic acids is 1. The standard InChI is InChI=1S/C16H25N3O2/c1-12-14(13(2)21-17-12)11-19-10-4-3-7-15(19)16(20)18-8-5-6-9-18/h15H,3-11H2,1-2H3/t15-/m0/s1. The van der Waals surface area contributed by atoms with Crippen LogP contribution in [0.1, 0.15) is 49.1 Å². The lowest BCUT2D eigenvalue weighted by molar-refractivity contribution is -0.137. The fourth-order valence-electron chi connectivity index (χ4n) is 3.54. The van der Waals surface area contributed by atoms with Gasteiger partial charge in [-0.3, -0.25) is 9.69 Å². The summed E-state index contributed by atoms with van der Waals surface area (Å²) in [5.74, 6) is 1.21. The molecule has 21 heavy (non-hydrogen) atoms. The second-order valence-electron chi connectivity index (χ2n) is 6.32. The molecule has 1 amide bonds. The highest BCUT2D eigenvalue weighted by Crippen LogP contribution is 2.25. The van der Waals surface area contributed by atoms with Crippen molar-refractivity contribution in [3.63, 3.8) is 0 Å². The average Bonchev–Trinajstić information content (AvgIpc) is 3.13. The van der Waals surface area contributed by atoms with Gasteiger partial charge in [0.15, 0.2) is 0 Å². The molecule has 116 valence electrons. The van der Waals surface area contributed by atoms with Crippen LogP contribution >= 0.6 is 0 Å². The Hall–Kier alpha value is -1.36. The second kappa shape index (κ2) is 6.18. The van der Waals surface area contributed by atoms with Gasteiger partial charge in [-0.05, 0) is 46.1 Å². The van der Waals surface area contributed by atoms with Crippen molar-refractivity contribution in [2.24, 2.45) is 0 Å². The van der Waals surface area contributed by atoms with Gasteiger partial charge in [-0.1, -0.05) is 11.6 Å². The van der Waals surface area contributed by atoms with Crippen LogP contribution in [0.15, 0.2) is 4.52 Å². The van der Waals surface area contributed by atoms with Crippen LogP contribution in [0.5, 0.6) is 0 Å². The molecule has 1 aromatic rings. The molecule has 0 radical (unpaired) electrons. The first kappa shape index (κ1) is 14.6. The van der Waals surface area contributed by atoms with E-state index in [1.807, 2.05) is 13.8 Å². The third kappa shape index (κ3) is 2.98. The molecule has 2 aliphatic rings. The van der Waals surface area contributed by atoms with Gasteiger partial charge >= 0.3 is 0 Å². The maximum absolute atomic E-state index is 12.8. The van der Waals surface area contributed by atoms with Crippen molar-refractivity contribution in [3.05, 3.63) is 17.0 Å². The van der Waals surface area contributed by atoms with Gasteiger partial charge in [-0.2, -0.15) is 0 Å². The van der Waals surface area contributed by atoms with E-state index in [0.717, 1.165) is 68.9 Å². The van der Waals surface area contributed by atoms with E-state index in [2.05, 4.69) is 15.0 Å². The molecule has 3 heterocycles. The molecule has 5 heteroatoms. The highest BCUT2D eigenvalue weighted by Gasteiger charge is 2.33. The van der Waals surface area contributed by atoms with Crippen LogP contribution in [-0.2, 0) is 11.3 Å². The molecule has 0 saturated carbocycles. The average molecular weight is 291 g/mol. The normalized spacial score (nSPS) is 23.7. The summed E-state index contributed by atoms with van der Waals surface area (Å²) in [6.07, 6.45) is 5.62. The first-order valence-electron chi connectivity index (χ1n) is 8.11. The van der Waals surface area contributed by atoms with Crippen molar-refractivity contribution >= 4 is 5.91 Å². The van der Waals surface area contributed by atoms with Crippen molar-refractivity contribution in [2.45, 2.75) is 58.5 Å². The first-order chi connectivity index (χ1) is 10.2. The van der Waals surface area contributed by atoms with Crippen molar-refractivity contribution < 1.29 is 9.32 Å². The summed E-state index contributed by atoms with van der Waals surface area (Å²) in [5.41, 5.74) is 2.10. The van der Waals surface area contributed by atoms with E-state index in [0.29, 0.717) is 5.91 Å². The Labute approximate surface area is 126 Å². The lowest BCUT2D eigenvalue weighted by Gasteiger charge is -2.36. The Kier molecular flexibility index (Phi) is 4.29. The van der Waals surface area contributed by atoms with Gasteiger partial charge in [0.25, 0.3) is 0 Å². The molecule has 2 saturated heterocycles. The van der Waals surface area contributed by atoms with Gasteiger partial charge in [0, 0.05) is 25.2 Å². The predicted octanol–water partition coefficient (Wildman–Crippen LogP) is 2.27. The maximum Gasteiger partial charge on any atom is 0.239 e. The molecule has 5 nitrogen and oxygen atoms in total. The Morgan fingerprint density at radius 2 is 1.90 bits per heavy atom. The van der Waals surface area contributed by atoms with Gasteiger partial charge in [0.2, 0.25) is 5.91 Å². The molecule has 0 aliphatic carbocycles. The van der Waals surface area contributed by atoms with Gasteiger partial charge in [0.05, 0.1) is 11.7 Å². The number of likely N-dealkylation sites (tertiary alicyclic amines) is 2. The molecule has 2 aliphatic heterocycles. The molecule has 0 aromatic carbocycles. The zero-order valence-corrected chi connectivity index (χ0v) is 13.1. The Morgan fingerprint density at radius 3 is 2.57 bits per heavy atom. The van der Waals surface area contributed by atoms with Crippen LogP contribution in [0.4, 0.5) is 0 Å². The minimum atomic E-state index is 0.0468. The molecule has 0 unspecified atom stereocenters. The van der Waals surface area contributed by atoms with E-state index in [4.69, 9.17) is 4.52 Å². The molecular formula is C16H25N3O2. The topological polar surface area (TPSA) is 49.6 Å². The zero-order valence-electron chi connectivity index (χ0n) is 13.1. The van der Waals surface area contributed by atoms with Gasteiger partial charge in [0.1, 0.15) is 5.76 Å². The van der Waals surface area contributed by atoms with E-state index in [-0.39, 0.29) is 6.04 Å². The molecule has 3 rings (SSSR count). The number of aryl methyl sites for hydroxylation is 2. The Balaban J connectivity index is 1.73. The van der Waals surface area contributed by atoms with E-state index in [1.165, 1.54) is 6.42 Å². The molecule has 1 atom stereocenters. The number of hydrogen-bond donors (Lipinski definition) is 0. The summed E-state index contributed by atoms with van der Waals surface area (Å²) in [5, 5.41) is 4.03. The minimum absolute atomic E-state index is 0.0468. The minimum Gasteiger partial charge on any atom is -0.361 e. The van der Waals surface area contributed by atoms with E-state index < -0.39 is 0 Å². The number of piperidine rings is 1. The van der Waals surface area contributed by atoms with Crippen LogP contribution in [0.25, 0.3) is 0 Å². The van der Waals surface area contributed by atoms with Gasteiger partial charge in [-0.15, -0.1) is 0 Å². The Bertz CT molecular complexity index is 486. The Morgan fingerprint density at radius 1 is 1.19 bits per heavy atom. The lowest BCUT2D eigenvalue weighted by Crippen LogP contribution is -2.49. The number of hydrogen-bond acceptors (Lipinski definition) is 4. The third-order valence-corrected chi connectivity index (χ3v) is 4.86. The summed E-state index contributed by atoms with van der Waals surface area (Å²) >= 11 is 0. The summed E-state index contributed by atoms with van der Waals surface area (Å²) in [4.78, 5) is 17.1. The largest absolute Gasteiger partial charge is 0.361 e. The molecule has 0 bridgehead atoms. The predicted molar refractivity (Wildman–Crippen MR) is 79.8 cm³/mol. The second-order valence-corrected chi connectivity index (χ2v) is 6.32. The van der Waals surface area contributed by atoms with E-state index in [1.54, 1.807) is 0 Å². The smallest absolute Gasteiger partial charge is 0.239 e. The van der Waals surface area contributed by atoms with E-state index >= 15 is 0 Å². The maximum atomic E-state index is 12.8. The van der Waals surface area contributed by atoms with Crippen LogP contribution in [-0.4, -0.2) is 46.5 Å². The quantitative estimate of drug-likeness (QED) is 0.857. The molecular weight excluding hydrogens is 266 g/mol. The van der Waals surface area contributed by atoms with Crippen molar-refractivity contribution in [3.8, 4) is 0 Å². The van der Waals surface area contributed by atoms with Crippen LogP contribution in [0.2, 0.25) is 0 Å². The summed E-state index contributed by atoms with van der Waals surface area (Å²) in [6, 6.07) is 0.0468. The number of carbonyl (C=O) groups is 1. The number of rotatable bonds is 3. The van der Waals surface area contributed by atoms with Crippen molar-refractivity contribution in [2.75, 3.05) is 19.6 Å². The van der Waals surface area contributed by atoms with Gasteiger partial charge < -0.3 is 9.42 Å². The number of nitrogens with zero attached hydrogens (tertiary/aromatic N) is 3. The number of aromatic nitrogens is 1. The molecule has 0 N–H and O–H groups in total. The third-order valence-electron chi connectivity index (χ3n) is 4.86. The van der Waals surface area contributed by atoms with Crippen molar-refractivity contribution in [1.82, 2.24) is 15.0 Å². The first-order valence-corrected chi connectivity index (χ1v) is 8.11. The highest BCUT2D eigenvalue weighted by atomic mass is 16.5. The number of amides is 1. The van der Waals surface area contributed by atoms with Crippen LogP contribution in [0, 0.1) is 13.8 Å². The fourth-order valence-corrected chi connectivity index (χ4v) is 3.54. The lowest BCUT2D eigenvalue weighted by atomic mass is 9.99. The van der Waals surface area contributed by atoms with Crippen LogP contribution < -0.4 is 0 Å².